The van der Waals surface area contributed by atoms with Crippen LogP contribution < -0.4 is 0 Å². The zero-order valence-electron chi connectivity index (χ0n) is 10.8. The highest BCUT2D eigenvalue weighted by molar-refractivity contribution is 6.30. The van der Waals surface area contributed by atoms with Crippen molar-refractivity contribution < 1.29 is 14.9 Å². The molecule has 102 valence electrons. The highest BCUT2D eigenvalue weighted by Crippen LogP contribution is 2.27. The van der Waals surface area contributed by atoms with Crippen LogP contribution in [-0.2, 0) is 11.3 Å². The average Bonchev–Trinajstić information content (AvgIpc) is 2.32. The molecular formula is C13H20ClNO3. The summed E-state index contributed by atoms with van der Waals surface area (Å²) in [6, 6.07) is 3.48. The number of halogens is 1. The molecule has 0 bridgehead atoms. The summed E-state index contributed by atoms with van der Waals surface area (Å²) in [5, 5.41) is 19.6. The molecule has 1 aromatic carbocycles. The summed E-state index contributed by atoms with van der Waals surface area (Å²) >= 11 is 5.98. The Morgan fingerprint density at radius 2 is 2.06 bits per heavy atom. The van der Waals surface area contributed by atoms with Gasteiger partial charge in [-0.3, -0.25) is 4.90 Å². The third-order valence-electron chi connectivity index (χ3n) is 2.77. The van der Waals surface area contributed by atoms with E-state index in [-0.39, 0.29) is 12.4 Å². The van der Waals surface area contributed by atoms with Crippen LogP contribution in [0.1, 0.15) is 11.1 Å². The number of phenolic OH excluding ortho intramolecular Hbond substituents is 1. The van der Waals surface area contributed by atoms with Gasteiger partial charge in [-0.2, -0.15) is 0 Å². The molecule has 0 aliphatic rings. The molecule has 0 atom stereocenters. The van der Waals surface area contributed by atoms with E-state index in [9.17, 15) is 5.11 Å². The van der Waals surface area contributed by atoms with Crippen molar-refractivity contribution in [3.8, 4) is 5.75 Å². The molecule has 1 rings (SSSR count). The lowest BCUT2D eigenvalue weighted by Crippen LogP contribution is -2.29. The summed E-state index contributed by atoms with van der Waals surface area (Å²) in [5.74, 6) is 0.264. The van der Waals surface area contributed by atoms with E-state index in [0.29, 0.717) is 31.3 Å². The first-order chi connectivity index (χ1) is 8.58. The van der Waals surface area contributed by atoms with E-state index < -0.39 is 0 Å². The van der Waals surface area contributed by atoms with Crippen LogP contribution in [0.3, 0.4) is 0 Å². The van der Waals surface area contributed by atoms with Crippen LogP contribution in [0, 0.1) is 6.92 Å². The Morgan fingerprint density at radius 1 is 1.33 bits per heavy atom. The van der Waals surface area contributed by atoms with Crippen molar-refractivity contribution in [2.45, 2.75) is 13.5 Å². The summed E-state index contributed by atoms with van der Waals surface area (Å²) in [4.78, 5) is 2.01. The molecule has 0 aliphatic carbocycles. The number of hydrogen-bond acceptors (Lipinski definition) is 4. The smallest absolute Gasteiger partial charge is 0.123 e. The monoisotopic (exact) mass is 273 g/mol. The highest BCUT2D eigenvalue weighted by Gasteiger charge is 2.11. The summed E-state index contributed by atoms with van der Waals surface area (Å²) in [5.41, 5.74) is 1.53. The van der Waals surface area contributed by atoms with E-state index in [0.717, 1.165) is 11.1 Å². The van der Waals surface area contributed by atoms with Crippen LogP contribution >= 0.6 is 11.6 Å². The van der Waals surface area contributed by atoms with E-state index >= 15 is 0 Å². The third kappa shape index (κ3) is 4.46. The lowest BCUT2D eigenvalue weighted by Gasteiger charge is -2.22. The maximum absolute atomic E-state index is 9.99. The fraction of sp³-hybridized carbons (Fsp3) is 0.538. The quantitative estimate of drug-likeness (QED) is 0.795. The first-order valence-corrected chi connectivity index (χ1v) is 6.26. The number of phenols is 1. The molecule has 4 nitrogen and oxygen atoms in total. The van der Waals surface area contributed by atoms with Crippen LogP contribution in [-0.4, -0.2) is 48.5 Å². The number of benzene rings is 1. The lowest BCUT2D eigenvalue weighted by molar-refractivity contribution is 0.126. The van der Waals surface area contributed by atoms with Crippen molar-refractivity contribution in [1.29, 1.82) is 0 Å². The summed E-state index contributed by atoms with van der Waals surface area (Å²) in [6.45, 7) is 4.24. The summed E-state index contributed by atoms with van der Waals surface area (Å²) < 4.78 is 5.02. The van der Waals surface area contributed by atoms with Gasteiger partial charge in [0.1, 0.15) is 5.75 Å². The Kier molecular flexibility index (Phi) is 6.43. The van der Waals surface area contributed by atoms with E-state index in [1.54, 1.807) is 19.2 Å². The van der Waals surface area contributed by atoms with E-state index in [4.69, 9.17) is 21.4 Å². The second-order valence-corrected chi connectivity index (χ2v) is 4.66. The second kappa shape index (κ2) is 7.59. The average molecular weight is 274 g/mol. The van der Waals surface area contributed by atoms with Crippen LogP contribution in [0.5, 0.6) is 5.75 Å². The maximum Gasteiger partial charge on any atom is 0.123 e. The second-order valence-electron chi connectivity index (χ2n) is 4.22. The van der Waals surface area contributed by atoms with Crippen molar-refractivity contribution >= 4 is 11.6 Å². The normalized spacial score (nSPS) is 11.2. The van der Waals surface area contributed by atoms with Gasteiger partial charge in [0.25, 0.3) is 0 Å². The molecule has 0 aromatic heterocycles. The predicted molar refractivity (Wildman–Crippen MR) is 72.1 cm³/mol. The van der Waals surface area contributed by atoms with Crippen LogP contribution in [0.2, 0.25) is 5.02 Å². The molecule has 0 heterocycles. The van der Waals surface area contributed by atoms with Gasteiger partial charge in [-0.05, 0) is 24.6 Å². The standard InChI is InChI=1S/C13H20ClNO3/c1-10-7-12(14)8-11(13(10)17)9-15(3-5-16)4-6-18-2/h7-8,16-17H,3-6,9H2,1-2H3. The minimum atomic E-state index is 0.0734. The van der Waals surface area contributed by atoms with Crippen LogP contribution in [0.4, 0.5) is 0 Å². The number of methoxy groups -OCH3 is 1. The number of aromatic hydroxyl groups is 1. The fourth-order valence-corrected chi connectivity index (χ4v) is 2.09. The number of nitrogens with zero attached hydrogens (tertiary/aromatic N) is 1. The number of aliphatic hydroxyl groups excluding tert-OH is 1. The molecule has 0 amide bonds. The zero-order valence-corrected chi connectivity index (χ0v) is 11.6. The molecule has 1 aromatic rings. The topological polar surface area (TPSA) is 52.9 Å². The van der Waals surface area contributed by atoms with Crippen molar-refractivity contribution in [3.05, 3.63) is 28.3 Å². The van der Waals surface area contributed by atoms with E-state index in [2.05, 4.69) is 0 Å². The van der Waals surface area contributed by atoms with Gasteiger partial charge in [-0.1, -0.05) is 11.6 Å². The van der Waals surface area contributed by atoms with Crippen LogP contribution in [0.25, 0.3) is 0 Å². The Labute approximate surface area is 113 Å². The van der Waals surface area contributed by atoms with E-state index in [1.807, 2.05) is 11.8 Å². The number of hydrogen-bond donors (Lipinski definition) is 2. The van der Waals surface area contributed by atoms with Crippen molar-refractivity contribution in [2.75, 3.05) is 33.4 Å². The summed E-state index contributed by atoms with van der Waals surface area (Å²) in [7, 11) is 1.64. The number of aryl methyl sites for hydroxylation is 1. The van der Waals surface area contributed by atoms with Gasteiger partial charge >= 0.3 is 0 Å². The van der Waals surface area contributed by atoms with Crippen LogP contribution in [0.15, 0.2) is 12.1 Å². The predicted octanol–water partition coefficient (Wildman–Crippen LogP) is 1.79. The SMILES string of the molecule is COCCN(CCO)Cc1cc(Cl)cc(C)c1O. The molecule has 0 saturated carbocycles. The largest absolute Gasteiger partial charge is 0.507 e. The van der Waals surface area contributed by atoms with E-state index in [1.165, 1.54) is 0 Å². The Hall–Kier alpha value is -0.810. The van der Waals surface area contributed by atoms with Gasteiger partial charge in [0, 0.05) is 37.3 Å². The number of rotatable bonds is 7. The molecule has 18 heavy (non-hydrogen) atoms. The van der Waals surface area contributed by atoms with Gasteiger partial charge in [0.15, 0.2) is 0 Å². The fourth-order valence-electron chi connectivity index (χ4n) is 1.80. The molecule has 0 spiro atoms. The van der Waals surface area contributed by atoms with Gasteiger partial charge in [0.05, 0.1) is 13.2 Å². The lowest BCUT2D eigenvalue weighted by atomic mass is 10.1. The minimum Gasteiger partial charge on any atom is -0.507 e. The first kappa shape index (κ1) is 15.2. The molecule has 2 N–H and O–H groups in total. The third-order valence-corrected chi connectivity index (χ3v) is 2.98. The van der Waals surface area contributed by atoms with Crippen molar-refractivity contribution in [1.82, 2.24) is 4.90 Å². The van der Waals surface area contributed by atoms with Crippen molar-refractivity contribution in [2.24, 2.45) is 0 Å². The molecular weight excluding hydrogens is 254 g/mol. The number of ether oxygens (including phenoxy) is 1. The summed E-state index contributed by atoms with van der Waals surface area (Å²) in [6.07, 6.45) is 0. The molecule has 5 heteroatoms. The zero-order chi connectivity index (χ0) is 13.5. The number of aliphatic hydroxyl groups is 1. The van der Waals surface area contributed by atoms with Gasteiger partial charge in [-0.15, -0.1) is 0 Å². The Morgan fingerprint density at radius 3 is 2.67 bits per heavy atom. The Bertz CT molecular complexity index is 385. The maximum atomic E-state index is 9.99. The first-order valence-electron chi connectivity index (χ1n) is 5.88. The Balaban J connectivity index is 2.79. The van der Waals surface area contributed by atoms with Gasteiger partial charge < -0.3 is 14.9 Å². The molecule has 0 saturated heterocycles. The highest BCUT2D eigenvalue weighted by atomic mass is 35.5. The molecule has 0 fully saturated rings. The molecule has 0 unspecified atom stereocenters. The molecule has 0 aliphatic heterocycles. The van der Waals surface area contributed by atoms with Gasteiger partial charge in [-0.25, -0.2) is 0 Å². The van der Waals surface area contributed by atoms with Crippen molar-refractivity contribution in [3.63, 3.8) is 0 Å². The molecule has 0 radical (unpaired) electrons. The minimum absolute atomic E-state index is 0.0734. The van der Waals surface area contributed by atoms with Gasteiger partial charge in [0.2, 0.25) is 0 Å².